The van der Waals surface area contributed by atoms with Crippen molar-refractivity contribution < 1.29 is 14.3 Å². The fourth-order valence-corrected chi connectivity index (χ4v) is 4.24. The van der Waals surface area contributed by atoms with Crippen LogP contribution in [0.4, 0.5) is 5.13 Å². The van der Waals surface area contributed by atoms with Crippen molar-refractivity contribution in [1.29, 1.82) is 0 Å². The summed E-state index contributed by atoms with van der Waals surface area (Å²) in [5.74, 6) is 0.422. The SMILES string of the molecule is COc1cccc(-c2nnc(NC(=O)C(NC(=O)C3CCCCC3)C(C)C)s2)c1. The standard InChI is InChI=1S/C21H28N4O3S/c1-13(2)17(22-18(26)14-8-5-4-6-9-14)19(27)23-21-25-24-20(29-21)15-10-7-11-16(12-15)28-3/h7,10-14,17H,4-6,8-9H2,1-3H3,(H,22,26)(H,23,25,27). The second-order valence-corrected chi connectivity index (χ2v) is 8.68. The Balaban J connectivity index is 1.65. The molecule has 1 aliphatic rings. The van der Waals surface area contributed by atoms with Gasteiger partial charge in [0, 0.05) is 11.5 Å². The largest absolute Gasteiger partial charge is 0.497 e. The highest BCUT2D eigenvalue weighted by Gasteiger charge is 2.29. The Labute approximate surface area is 175 Å². The number of nitrogens with zero attached hydrogens (tertiary/aromatic N) is 2. The lowest BCUT2D eigenvalue weighted by Gasteiger charge is -2.26. The topological polar surface area (TPSA) is 93.2 Å². The molecule has 156 valence electrons. The van der Waals surface area contributed by atoms with Crippen LogP contribution < -0.4 is 15.4 Å². The van der Waals surface area contributed by atoms with E-state index < -0.39 is 6.04 Å². The molecule has 0 bridgehead atoms. The third-order valence-electron chi connectivity index (χ3n) is 5.19. The number of amides is 2. The van der Waals surface area contributed by atoms with Crippen LogP contribution in [-0.4, -0.2) is 35.2 Å². The van der Waals surface area contributed by atoms with Gasteiger partial charge in [-0.15, -0.1) is 10.2 Å². The summed E-state index contributed by atoms with van der Waals surface area (Å²) < 4.78 is 5.24. The molecule has 1 fully saturated rings. The van der Waals surface area contributed by atoms with Gasteiger partial charge in [0.15, 0.2) is 0 Å². The second kappa shape index (κ2) is 9.82. The molecule has 1 saturated carbocycles. The van der Waals surface area contributed by atoms with Crippen LogP contribution in [0.3, 0.4) is 0 Å². The first-order valence-electron chi connectivity index (χ1n) is 10.1. The minimum absolute atomic E-state index is 0.0130. The summed E-state index contributed by atoms with van der Waals surface area (Å²) in [5, 5.41) is 15.1. The Morgan fingerprint density at radius 2 is 1.93 bits per heavy atom. The number of rotatable bonds is 7. The van der Waals surface area contributed by atoms with E-state index in [4.69, 9.17) is 4.74 Å². The number of nitrogens with one attached hydrogen (secondary N) is 2. The predicted molar refractivity (Wildman–Crippen MR) is 114 cm³/mol. The number of aromatic nitrogens is 2. The quantitative estimate of drug-likeness (QED) is 0.715. The van der Waals surface area contributed by atoms with Crippen molar-refractivity contribution in [3.05, 3.63) is 24.3 Å². The molecule has 29 heavy (non-hydrogen) atoms. The molecule has 1 aliphatic carbocycles. The lowest BCUT2D eigenvalue weighted by Crippen LogP contribution is -2.49. The van der Waals surface area contributed by atoms with Gasteiger partial charge in [-0.1, -0.05) is 56.6 Å². The molecule has 1 heterocycles. The summed E-state index contributed by atoms with van der Waals surface area (Å²) in [7, 11) is 1.61. The van der Waals surface area contributed by atoms with Gasteiger partial charge in [-0.2, -0.15) is 0 Å². The maximum absolute atomic E-state index is 12.8. The van der Waals surface area contributed by atoms with Gasteiger partial charge in [0.1, 0.15) is 16.8 Å². The highest BCUT2D eigenvalue weighted by atomic mass is 32.1. The summed E-state index contributed by atoms with van der Waals surface area (Å²) in [4.78, 5) is 25.4. The van der Waals surface area contributed by atoms with Gasteiger partial charge < -0.3 is 10.1 Å². The van der Waals surface area contributed by atoms with Crippen LogP contribution in [0.5, 0.6) is 5.75 Å². The molecule has 1 aromatic heterocycles. The zero-order chi connectivity index (χ0) is 20.8. The molecule has 1 atom stereocenters. The third-order valence-corrected chi connectivity index (χ3v) is 6.08. The van der Waals surface area contributed by atoms with E-state index in [1.807, 2.05) is 38.1 Å². The Morgan fingerprint density at radius 3 is 2.62 bits per heavy atom. The van der Waals surface area contributed by atoms with Crippen molar-refractivity contribution in [3.8, 4) is 16.3 Å². The lowest BCUT2D eigenvalue weighted by atomic mass is 9.88. The zero-order valence-corrected chi connectivity index (χ0v) is 17.9. The van der Waals surface area contributed by atoms with Crippen molar-refractivity contribution in [3.63, 3.8) is 0 Å². The summed E-state index contributed by atoms with van der Waals surface area (Å²) >= 11 is 1.29. The number of hydrogen-bond acceptors (Lipinski definition) is 6. The van der Waals surface area contributed by atoms with Crippen LogP contribution >= 0.6 is 11.3 Å². The third kappa shape index (κ3) is 5.53. The number of carbonyl (C=O) groups is 2. The fraction of sp³-hybridized carbons (Fsp3) is 0.524. The number of benzene rings is 1. The molecule has 1 aromatic carbocycles. The minimum atomic E-state index is -0.603. The van der Waals surface area contributed by atoms with Crippen molar-refractivity contribution in [2.45, 2.75) is 52.0 Å². The van der Waals surface area contributed by atoms with Crippen LogP contribution in [0.2, 0.25) is 0 Å². The number of carbonyl (C=O) groups excluding carboxylic acids is 2. The van der Waals surface area contributed by atoms with Crippen molar-refractivity contribution >= 4 is 28.3 Å². The Bertz CT molecular complexity index is 846. The van der Waals surface area contributed by atoms with E-state index in [-0.39, 0.29) is 23.7 Å². The maximum atomic E-state index is 12.8. The fourth-order valence-electron chi connectivity index (χ4n) is 3.50. The summed E-state index contributed by atoms with van der Waals surface area (Å²) in [6, 6.07) is 6.91. The summed E-state index contributed by atoms with van der Waals surface area (Å²) in [6.07, 6.45) is 5.14. The molecular weight excluding hydrogens is 388 g/mol. The molecule has 2 aromatic rings. The smallest absolute Gasteiger partial charge is 0.249 e. The van der Waals surface area contributed by atoms with Gasteiger partial charge in [0.2, 0.25) is 16.9 Å². The monoisotopic (exact) mass is 416 g/mol. The average Bonchev–Trinajstić information content (AvgIpc) is 3.20. The van der Waals surface area contributed by atoms with Crippen LogP contribution in [0.15, 0.2) is 24.3 Å². The molecule has 7 nitrogen and oxygen atoms in total. The normalized spacial score (nSPS) is 15.7. The molecule has 0 aliphatic heterocycles. The van der Waals surface area contributed by atoms with E-state index in [2.05, 4.69) is 20.8 Å². The van der Waals surface area contributed by atoms with Crippen LogP contribution in [-0.2, 0) is 9.59 Å². The molecule has 0 spiro atoms. The van der Waals surface area contributed by atoms with E-state index in [1.54, 1.807) is 7.11 Å². The number of ether oxygens (including phenoxy) is 1. The highest BCUT2D eigenvalue weighted by Crippen LogP contribution is 2.29. The van der Waals surface area contributed by atoms with E-state index in [9.17, 15) is 9.59 Å². The second-order valence-electron chi connectivity index (χ2n) is 7.70. The van der Waals surface area contributed by atoms with Crippen LogP contribution in [0.25, 0.3) is 10.6 Å². The zero-order valence-electron chi connectivity index (χ0n) is 17.1. The number of hydrogen-bond donors (Lipinski definition) is 2. The molecular formula is C21H28N4O3S. The van der Waals surface area contributed by atoms with Crippen LogP contribution in [0.1, 0.15) is 46.0 Å². The number of anilines is 1. The molecule has 3 rings (SSSR count). The average molecular weight is 417 g/mol. The molecule has 8 heteroatoms. The van der Waals surface area contributed by atoms with Gasteiger partial charge in [0.25, 0.3) is 0 Å². The van der Waals surface area contributed by atoms with Crippen molar-refractivity contribution in [2.75, 3.05) is 12.4 Å². The molecule has 0 radical (unpaired) electrons. The van der Waals surface area contributed by atoms with E-state index in [0.717, 1.165) is 37.0 Å². The maximum Gasteiger partial charge on any atom is 0.249 e. The highest BCUT2D eigenvalue weighted by molar-refractivity contribution is 7.18. The van der Waals surface area contributed by atoms with Gasteiger partial charge in [-0.25, -0.2) is 0 Å². The first-order chi connectivity index (χ1) is 14.0. The van der Waals surface area contributed by atoms with Gasteiger partial charge in [-0.3, -0.25) is 14.9 Å². The molecule has 2 amide bonds. The summed E-state index contributed by atoms with van der Waals surface area (Å²) in [6.45, 7) is 3.85. The first-order valence-corrected chi connectivity index (χ1v) is 10.9. The van der Waals surface area contributed by atoms with E-state index in [0.29, 0.717) is 10.1 Å². The molecule has 2 N–H and O–H groups in total. The van der Waals surface area contributed by atoms with Gasteiger partial charge in [0.05, 0.1) is 7.11 Å². The van der Waals surface area contributed by atoms with Crippen LogP contribution in [0, 0.1) is 11.8 Å². The Kier molecular flexibility index (Phi) is 7.19. The van der Waals surface area contributed by atoms with Crippen molar-refractivity contribution in [2.24, 2.45) is 11.8 Å². The predicted octanol–water partition coefficient (Wildman–Crippen LogP) is 3.87. The summed E-state index contributed by atoms with van der Waals surface area (Å²) in [5.41, 5.74) is 0.869. The minimum Gasteiger partial charge on any atom is -0.497 e. The lowest BCUT2D eigenvalue weighted by molar-refractivity contribution is -0.130. The number of methoxy groups -OCH3 is 1. The van der Waals surface area contributed by atoms with Gasteiger partial charge >= 0.3 is 0 Å². The Hall–Kier alpha value is -2.48. The van der Waals surface area contributed by atoms with Gasteiger partial charge in [-0.05, 0) is 30.9 Å². The Morgan fingerprint density at radius 1 is 1.17 bits per heavy atom. The van der Waals surface area contributed by atoms with E-state index >= 15 is 0 Å². The molecule has 0 saturated heterocycles. The van der Waals surface area contributed by atoms with Crippen molar-refractivity contribution in [1.82, 2.24) is 15.5 Å². The molecule has 1 unspecified atom stereocenters. The first kappa shape index (κ1) is 21.2. The van der Waals surface area contributed by atoms with E-state index in [1.165, 1.54) is 17.8 Å².